The van der Waals surface area contributed by atoms with Crippen LogP contribution in [0.25, 0.3) is 0 Å². The fraction of sp³-hybridized carbons (Fsp3) is 0.250. The number of aryl methyl sites for hydroxylation is 1. The summed E-state index contributed by atoms with van der Waals surface area (Å²) in [5, 5.41) is 0. The molecule has 0 radical (unpaired) electrons. The molecule has 1 rings (SSSR count). The summed E-state index contributed by atoms with van der Waals surface area (Å²) >= 11 is 0. The molecule has 0 unspecified atom stereocenters. The van der Waals surface area contributed by atoms with Crippen LogP contribution < -0.4 is 23.7 Å². The molecular weight excluding hydrogens is 160 g/mol. The van der Waals surface area contributed by atoms with E-state index in [0.717, 1.165) is 6.54 Å². The van der Waals surface area contributed by atoms with Crippen LogP contribution in [0.3, 0.4) is 0 Å². The number of benzene rings is 1. The van der Waals surface area contributed by atoms with E-state index in [1.54, 1.807) is 0 Å². The maximum Gasteiger partial charge on any atom is 0.0351 e. The molecule has 62 valence electrons. The predicted octanol–water partition coefficient (Wildman–Crippen LogP) is -2.04. The number of hydrogen-bond donors (Lipinski definition) is 2. The Labute approximate surface area is 73.2 Å². The van der Waals surface area contributed by atoms with Crippen LogP contribution in [-0.4, -0.2) is 0 Å². The smallest absolute Gasteiger partial charge is 0.0351 e. The van der Waals surface area contributed by atoms with E-state index >= 15 is 0 Å². The number of nitrogens with one attached hydrogen (secondary N) is 1. The van der Waals surface area contributed by atoms with Gasteiger partial charge in [0.15, 0.2) is 0 Å². The molecule has 0 amide bonds. The van der Waals surface area contributed by atoms with Crippen molar-refractivity contribution >= 4 is 0 Å². The van der Waals surface area contributed by atoms with Crippen LogP contribution in [0.15, 0.2) is 24.3 Å². The first kappa shape index (κ1) is 10.4. The highest BCUT2D eigenvalue weighted by atomic mass is 35.5. The number of hydrazine groups is 1. The van der Waals surface area contributed by atoms with Gasteiger partial charge < -0.3 is 12.4 Å². The van der Waals surface area contributed by atoms with Gasteiger partial charge >= 0.3 is 0 Å². The summed E-state index contributed by atoms with van der Waals surface area (Å²) < 4.78 is 0. The van der Waals surface area contributed by atoms with Crippen molar-refractivity contribution in [2.75, 3.05) is 0 Å². The molecule has 1 aromatic carbocycles. The number of hydrogen-bond acceptors (Lipinski definition) is 2. The maximum atomic E-state index is 5.18. The molecule has 0 heterocycles. The molecule has 0 aliphatic carbocycles. The van der Waals surface area contributed by atoms with Crippen molar-refractivity contribution < 1.29 is 12.4 Å². The standard InChI is InChI=1S/C8H12N2.ClH/c1-7-4-2-3-5-8(7)6-10-9;/h2-5,10H,6,9H2,1H3;1H/p-1. The van der Waals surface area contributed by atoms with Crippen LogP contribution in [0, 0.1) is 6.92 Å². The highest BCUT2D eigenvalue weighted by Gasteiger charge is 1.92. The summed E-state index contributed by atoms with van der Waals surface area (Å²) in [6.07, 6.45) is 0. The zero-order chi connectivity index (χ0) is 7.40. The van der Waals surface area contributed by atoms with Gasteiger partial charge in [-0.3, -0.25) is 11.3 Å². The number of rotatable bonds is 2. The second kappa shape index (κ2) is 5.13. The Morgan fingerprint density at radius 3 is 2.55 bits per heavy atom. The first-order chi connectivity index (χ1) is 4.84. The van der Waals surface area contributed by atoms with Crippen molar-refractivity contribution in [3.05, 3.63) is 35.4 Å². The molecule has 1 aromatic rings. The minimum atomic E-state index is 0. The van der Waals surface area contributed by atoms with E-state index in [1.807, 2.05) is 12.1 Å². The molecule has 0 aliphatic heterocycles. The summed E-state index contributed by atoms with van der Waals surface area (Å²) in [5.41, 5.74) is 5.16. The molecule has 2 nitrogen and oxygen atoms in total. The van der Waals surface area contributed by atoms with E-state index in [4.69, 9.17) is 5.84 Å². The van der Waals surface area contributed by atoms with Crippen molar-refractivity contribution in [2.45, 2.75) is 13.5 Å². The van der Waals surface area contributed by atoms with Crippen LogP contribution >= 0.6 is 0 Å². The summed E-state index contributed by atoms with van der Waals surface area (Å²) in [5.74, 6) is 5.18. The topological polar surface area (TPSA) is 38.0 Å². The predicted molar refractivity (Wildman–Crippen MR) is 42.2 cm³/mol. The van der Waals surface area contributed by atoms with E-state index in [0.29, 0.717) is 0 Å². The van der Waals surface area contributed by atoms with Gasteiger partial charge in [-0.2, -0.15) is 0 Å². The average Bonchev–Trinajstić information content (AvgIpc) is 1.94. The van der Waals surface area contributed by atoms with Crippen LogP contribution in [-0.2, 0) is 6.54 Å². The van der Waals surface area contributed by atoms with Crippen molar-refractivity contribution in [3.63, 3.8) is 0 Å². The second-order valence-electron chi connectivity index (χ2n) is 2.31. The lowest BCUT2D eigenvalue weighted by Gasteiger charge is -2.02. The SMILES string of the molecule is Cc1ccccc1CNN.[Cl-]. The minimum absolute atomic E-state index is 0. The van der Waals surface area contributed by atoms with Gasteiger partial charge in [-0.15, -0.1) is 0 Å². The van der Waals surface area contributed by atoms with Crippen LogP contribution in [0.5, 0.6) is 0 Å². The molecule has 0 saturated heterocycles. The van der Waals surface area contributed by atoms with Gasteiger partial charge in [0, 0.05) is 6.54 Å². The Morgan fingerprint density at radius 1 is 1.36 bits per heavy atom. The summed E-state index contributed by atoms with van der Waals surface area (Å²) in [4.78, 5) is 0. The van der Waals surface area contributed by atoms with Crippen molar-refractivity contribution in [2.24, 2.45) is 5.84 Å². The molecule has 3 N–H and O–H groups in total. The van der Waals surface area contributed by atoms with E-state index in [1.165, 1.54) is 11.1 Å². The molecular formula is C8H12ClN2-. The molecule has 0 aliphatic rings. The van der Waals surface area contributed by atoms with E-state index in [2.05, 4.69) is 24.5 Å². The summed E-state index contributed by atoms with van der Waals surface area (Å²) in [7, 11) is 0. The normalized spacial score (nSPS) is 8.91. The Bertz CT molecular complexity index is 213. The maximum absolute atomic E-state index is 5.18. The van der Waals surface area contributed by atoms with Gasteiger partial charge in [0.2, 0.25) is 0 Å². The zero-order valence-corrected chi connectivity index (χ0v) is 7.23. The first-order valence-electron chi connectivity index (χ1n) is 3.32. The number of halogens is 1. The summed E-state index contributed by atoms with van der Waals surface area (Å²) in [6.45, 7) is 2.82. The van der Waals surface area contributed by atoms with Gasteiger partial charge in [0.1, 0.15) is 0 Å². The average molecular weight is 172 g/mol. The van der Waals surface area contributed by atoms with Crippen LogP contribution in [0.2, 0.25) is 0 Å². The van der Waals surface area contributed by atoms with Gasteiger partial charge in [-0.1, -0.05) is 24.3 Å². The van der Waals surface area contributed by atoms with E-state index < -0.39 is 0 Å². The molecule has 0 bridgehead atoms. The third-order valence-electron chi connectivity index (χ3n) is 1.55. The Morgan fingerprint density at radius 2 is 2.00 bits per heavy atom. The Kier molecular flexibility index (Phi) is 4.86. The second-order valence-corrected chi connectivity index (χ2v) is 2.31. The van der Waals surface area contributed by atoms with Gasteiger partial charge in [0.05, 0.1) is 0 Å². The summed E-state index contributed by atoms with van der Waals surface area (Å²) in [6, 6.07) is 8.18. The van der Waals surface area contributed by atoms with Gasteiger partial charge in [0.25, 0.3) is 0 Å². The van der Waals surface area contributed by atoms with Crippen LogP contribution in [0.1, 0.15) is 11.1 Å². The first-order valence-corrected chi connectivity index (χ1v) is 3.32. The van der Waals surface area contributed by atoms with Crippen molar-refractivity contribution in [1.29, 1.82) is 0 Å². The monoisotopic (exact) mass is 171 g/mol. The fourth-order valence-corrected chi connectivity index (χ4v) is 0.918. The minimum Gasteiger partial charge on any atom is -1.00 e. The molecule has 0 aromatic heterocycles. The largest absolute Gasteiger partial charge is 1.00 e. The van der Waals surface area contributed by atoms with Gasteiger partial charge in [-0.05, 0) is 18.1 Å². The molecule has 3 heteroatoms. The highest BCUT2D eigenvalue weighted by molar-refractivity contribution is 5.24. The lowest BCUT2D eigenvalue weighted by Crippen LogP contribution is -3.00. The van der Waals surface area contributed by atoms with E-state index in [-0.39, 0.29) is 12.4 Å². The van der Waals surface area contributed by atoms with Crippen molar-refractivity contribution in [3.8, 4) is 0 Å². The molecule has 0 spiro atoms. The highest BCUT2D eigenvalue weighted by Crippen LogP contribution is 2.04. The lowest BCUT2D eigenvalue weighted by atomic mass is 10.1. The fourth-order valence-electron chi connectivity index (χ4n) is 0.918. The molecule has 11 heavy (non-hydrogen) atoms. The molecule has 0 saturated carbocycles. The Hall–Kier alpha value is -0.570. The molecule has 0 atom stereocenters. The zero-order valence-electron chi connectivity index (χ0n) is 6.47. The third kappa shape index (κ3) is 2.89. The number of nitrogens with two attached hydrogens (primary N) is 1. The van der Waals surface area contributed by atoms with Gasteiger partial charge in [-0.25, -0.2) is 0 Å². The van der Waals surface area contributed by atoms with Crippen LogP contribution in [0.4, 0.5) is 0 Å². The Balaban J connectivity index is 0.000001000. The quantitative estimate of drug-likeness (QED) is 0.398. The third-order valence-corrected chi connectivity index (χ3v) is 1.55. The lowest BCUT2D eigenvalue weighted by molar-refractivity contribution is -0.00000224. The van der Waals surface area contributed by atoms with E-state index in [9.17, 15) is 0 Å². The van der Waals surface area contributed by atoms with Crippen molar-refractivity contribution in [1.82, 2.24) is 5.43 Å². The molecule has 0 fully saturated rings.